The van der Waals surface area contributed by atoms with E-state index in [-0.39, 0.29) is 18.3 Å². The number of allylic oxidation sites excluding steroid dienone is 1. The molecule has 0 amide bonds. The fourth-order valence-electron chi connectivity index (χ4n) is 3.90. The van der Waals surface area contributed by atoms with Gasteiger partial charge < -0.3 is 4.74 Å². The summed E-state index contributed by atoms with van der Waals surface area (Å²) in [5, 5.41) is 10.6. The molecule has 5 nitrogen and oxygen atoms in total. The third-order valence-electron chi connectivity index (χ3n) is 5.35. The van der Waals surface area contributed by atoms with Gasteiger partial charge in [0.05, 0.1) is 6.42 Å². The largest absolute Gasteiger partial charge is 0.460 e. The minimum Gasteiger partial charge on any atom is -0.460 e. The summed E-state index contributed by atoms with van der Waals surface area (Å²) in [5.41, 5.74) is 3.96. The Morgan fingerprint density at radius 1 is 1.16 bits per heavy atom. The quantitative estimate of drug-likeness (QED) is 0.443. The number of benzene rings is 1. The van der Waals surface area contributed by atoms with Crippen LogP contribution in [0.4, 0.5) is 0 Å². The molecule has 31 heavy (non-hydrogen) atoms. The number of carbonyl (C=O) groups excluding carboxylic acids is 1. The number of hydrogen-bond donors (Lipinski definition) is 0. The molecule has 0 saturated heterocycles. The van der Waals surface area contributed by atoms with Crippen LogP contribution >= 0.6 is 22.9 Å². The van der Waals surface area contributed by atoms with E-state index in [9.17, 15) is 4.79 Å². The van der Waals surface area contributed by atoms with Crippen molar-refractivity contribution >= 4 is 34.5 Å². The molecule has 0 aliphatic carbocycles. The zero-order chi connectivity index (χ0) is 22.5. The van der Waals surface area contributed by atoms with Gasteiger partial charge in [-0.3, -0.25) is 9.36 Å². The molecule has 1 atom stereocenters. The molecule has 3 heterocycles. The number of aromatic nitrogens is 3. The van der Waals surface area contributed by atoms with E-state index in [1.54, 1.807) is 11.3 Å². The minimum atomic E-state index is -0.541. The molecule has 3 aromatic rings. The molecule has 0 unspecified atom stereocenters. The summed E-state index contributed by atoms with van der Waals surface area (Å²) in [5.74, 6) is 1.04. The van der Waals surface area contributed by atoms with Crippen LogP contribution in [0.2, 0.25) is 5.02 Å². The summed E-state index contributed by atoms with van der Waals surface area (Å²) in [7, 11) is 0. The summed E-state index contributed by atoms with van der Waals surface area (Å²) >= 11 is 7.88. The zero-order valence-corrected chi connectivity index (χ0v) is 20.2. The van der Waals surface area contributed by atoms with Crippen LogP contribution in [0.15, 0.2) is 30.3 Å². The van der Waals surface area contributed by atoms with Crippen molar-refractivity contribution in [3.8, 4) is 5.00 Å². The Kier molecular flexibility index (Phi) is 5.56. The summed E-state index contributed by atoms with van der Waals surface area (Å²) in [6.45, 7) is 11.9. The van der Waals surface area contributed by atoms with Gasteiger partial charge in [0.2, 0.25) is 0 Å². The van der Waals surface area contributed by atoms with Gasteiger partial charge in [0.1, 0.15) is 22.3 Å². The van der Waals surface area contributed by atoms with Gasteiger partial charge in [-0.1, -0.05) is 29.8 Å². The first-order valence-electron chi connectivity index (χ1n) is 10.3. The lowest BCUT2D eigenvalue weighted by molar-refractivity contribution is -0.155. The van der Waals surface area contributed by atoms with Crippen LogP contribution in [-0.2, 0) is 9.53 Å². The van der Waals surface area contributed by atoms with Crippen LogP contribution in [0, 0.1) is 20.8 Å². The van der Waals surface area contributed by atoms with Crippen molar-refractivity contribution in [2.45, 2.75) is 59.5 Å². The van der Waals surface area contributed by atoms with Crippen LogP contribution < -0.4 is 0 Å². The third kappa shape index (κ3) is 4.19. The Labute approximate surface area is 191 Å². The first kappa shape index (κ1) is 21.8. The van der Waals surface area contributed by atoms with E-state index in [1.807, 2.05) is 52.0 Å². The summed E-state index contributed by atoms with van der Waals surface area (Å²) in [4.78, 5) is 14.0. The molecular weight excluding hydrogens is 430 g/mol. The Morgan fingerprint density at radius 3 is 2.48 bits per heavy atom. The van der Waals surface area contributed by atoms with Gasteiger partial charge in [-0.05, 0) is 70.4 Å². The monoisotopic (exact) mass is 455 g/mol. The predicted octanol–water partition coefficient (Wildman–Crippen LogP) is 6.17. The van der Waals surface area contributed by atoms with Crippen LogP contribution in [0.5, 0.6) is 0 Å². The Bertz CT molecular complexity index is 1180. The van der Waals surface area contributed by atoms with Gasteiger partial charge in [-0.25, -0.2) is 0 Å². The van der Waals surface area contributed by atoms with E-state index in [0.29, 0.717) is 5.02 Å². The standard InChI is InChI=1S/C24H26ClN3O2S/c1-13-14(2)31-23-21(13)19(16-7-9-18(25)10-8-16)11-17(12-20(29)30-24(4,5)6)22-27-26-15(3)28(22)23/h7-11,17H,12H2,1-6H3/t17-/m0/s1. The molecular formula is C24H26ClN3O2S. The third-order valence-corrected chi connectivity index (χ3v) is 6.79. The second-order valence-corrected chi connectivity index (χ2v) is 10.5. The molecule has 0 saturated carbocycles. The number of ether oxygens (including phenoxy) is 1. The van der Waals surface area contributed by atoms with Crippen LogP contribution in [0.3, 0.4) is 0 Å². The molecule has 162 valence electrons. The maximum Gasteiger partial charge on any atom is 0.307 e. The molecule has 7 heteroatoms. The Morgan fingerprint density at radius 2 is 1.84 bits per heavy atom. The highest BCUT2D eigenvalue weighted by atomic mass is 35.5. The number of esters is 1. The lowest BCUT2D eigenvalue weighted by Crippen LogP contribution is -2.25. The van der Waals surface area contributed by atoms with Crippen molar-refractivity contribution in [3.63, 3.8) is 0 Å². The number of halogens is 1. The second kappa shape index (κ2) is 7.92. The first-order valence-corrected chi connectivity index (χ1v) is 11.5. The first-order chi connectivity index (χ1) is 14.5. The average Bonchev–Trinajstić information content (AvgIpc) is 3.14. The van der Waals surface area contributed by atoms with E-state index in [1.165, 1.54) is 10.4 Å². The number of rotatable bonds is 3. The van der Waals surface area contributed by atoms with Crippen molar-refractivity contribution in [3.05, 3.63) is 68.6 Å². The van der Waals surface area contributed by atoms with Crippen LogP contribution in [0.25, 0.3) is 10.6 Å². The molecule has 1 aliphatic rings. The maximum absolute atomic E-state index is 12.8. The molecule has 0 radical (unpaired) electrons. The van der Waals surface area contributed by atoms with E-state index in [0.717, 1.165) is 33.3 Å². The highest BCUT2D eigenvalue weighted by Gasteiger charge is 2.32. The molecule has 1 aromatic carbocycles. The van der Waals surface area contributed by atoms with Gasteiger partial charge in [-0.15, -0.1) is 21.5 Å². The maximum atomic E-state index is 12.8. The topological polar surface area (TPSA) is 57.0 Å². The van der Waals surface area contributed by atoms with Gasteiger partial charge in [0.25, 0.3) is 0 Å². The number of aryl methyl sites for hydroxylation is 2. The van der Waals surface area contributed by atoms with Gasteiger partial charge in [0, 0.05) is 21.4 Å². The fourth-order valence-corrected chi connectivity index (χ4v) is 5.25. The lowest BCUT2D eigenvalue weighted by Gasteiger charge is -2.21. The van der Waals surface area contributed by atoms with Crippen LogP contribution in [-0.4, -0.2) is 26.3 Å². The van der Waals surface area contributed by atoms with Crippen molar-refractivity contribution in [1.82, 2.24) is 14.8 Å². The number of hydrogen-bond acceptors (Lipinski definition) is 5. The predicted molar refractivity (Wildman–Crippen MR) is 125 cm³/mol. The number of carbonyl (C=O) groups is 1. The average molecular weight is 456 g/mol. The zero-order valence-electron chi connectivity index (χ0n) is 18.6. The molecule has 2 aromatic heterocycles. The highest BCUT2D eigenvalue weighted by molar-refractivity contribution is 7.15. The van der Waals surface area contributed by atoms with Gasteiger partial charge >= 0.3 is 5.97 Å². The highest BCUT2D eigenvalue weighted by Crippen LogP contribution is 2.44. The molecule has 4 rings (SSSR count). The lowest BCUT2D eigenvalue weighted by atomic mass is 9.92. The Balaban J connectivity index is 1.91. The Hall–Kier alpha value is -2.44. The molecule has 0 spiro atoms. The fraction of sp³-hybridized carbons (Fsp3) is 0.375. The number of thiophene rings is 1. The van der Waals surface area contributed by atoms with E-state index < -0.39 is 5.60 Å². The summed E-state index contributed by atoms with van der Waals surface area (Å²) in [6, 6.07) is 7.83. The van der Waals surface area contributed by atoms with E-state index >= 15 is 0 Å². The van der Waals surface area contributed by atoms with Crippen molar-refractivity contribution in [2.75, 3.05) is 0 Å². The minimum absolute atomic E-state index is 0.194. The molecule has 1 aliphatic heterocycles. The smallest absolute Gasteiger partial charge is 0.307 e. The summed E-state index contributed by atoms with van der Waals surface area (Å²) in [6.07, 6.45) is 2.33. The summed E-state index contributed by atoms with van der Waals surface area (Å²) < 4.78 is 7.71. The normalized spacial score (nSPS) is 15.7. The second-order valence-electron chi connectivity index (χ2n) is 8.89. The molecule has 0 fully saturated rings. The van der Waals surface area contributed by atoms with Gasteiger partial charge in [0.15, 0.2) is 0 Å². The van der Waals surface area contributed by atoms with E-state index in [2.05, 4.69) is 34.7 Å². The van der Waals surface area contributed by atoms with Crippen molar-refractivity contribution in [2.24, 2.45) is 0 Å². The van der Waals surface area contributed by atoms with Gasteiger partial charge in [-0.2, -0.15) is 0 Å². The molecule has 0 bridgehead atoms. The van der Waals surface area contributed by atoms with Crippen molar-refractivity contribution < 1.29 is 9.53 Å². The molecule has 0 N–H and O–H groups in total. The number of nitrogens with zero attached hydrogens (tertiary/aromatic N) is 3. The van der Waals surface area contributed by atoms with Crippen molar-refractivity contribution in [1.29, 1.82) is 0 Å². The van der Waals surface area contributed by atoms with E-state index in [4.69, 9.17) is 16.3 Å². The SMILES string of the molecule is Cc1sc2c(c1C)C(c1ccc(Cl)cc1)=C[C@@H](CC(=O)OC(C)(C)C)c1nnc(C)n1-2. The number of fused-ring (bicyclic) bond motifs is 3. The van der Waals surface area contributed by atoms with Crippen LogP contribution in [0.1, 0.15) is 66.3 Å².